The van der Waals surface area contributed by atoms with Gasteiger partial charge in [-0.25, -0.2) is 4.98 Å². The van der Waals surface area contributed by atoms with Crippen LogP contribution in [0.1, 0.15) is 22.6 Å². The fourth-order valence-electron chi connectivity index (χ4n) is 3.31. The van der Waals surface area contributed by atoms with Gasteiger partial charge in [0.1, 0.15) is 18.4 Å². The predicted molar refractivity (Wildman–Crippen MR) is 98.0 cm³/mol. The molecule has 1 aliphatic rings. The summed E-state index contributed by atoms with van der Waals surface area (Å²) in [6.45, 7) is 1.45. The summed E-state index contributed by atoms with van der Waals surface area (Å²) in [5.41, 5.74) is 3.68. The lowest BCUT2D eigenvalue weighted by Crippen LogP contribution is -2.45. The molecular weight excluding hydrogens is 344 g/mol. The van der Waals surface area contributed by atoms with Gasteiger partial charge in [0.15, 0.2) is 0 Å². The molecule has 0 saturated heterocycles. The SMILES string of the molecule is O=C(O)C1Cc2nc[nH]c2CN1Cc1cccc(OCc2ccccn2)c1. The number of fused-ring (bicyclic) bond motifs is 1. The molecule has 2 N–H and O–H groups in total. The summed E-state index contributed by atoms with van der Waals surface area (Å²) in [5.74, 6) is -0.0875. The number of hydrogen-bond acceptors (Lipinski definition) is 5. The zero-order valence-electron chi connectivity index (χ0n) is 14.7. The number of benzene rings is 1. The summed E-state index contributed by atoms with van der Waals surface area (Å²) in [4.78, 5) is 25.2. The number of rotatable bonds is 6. The van der Waals surface area contributed by atoms with Crippen LogP contribution in [0.3, 0.4) is 0 Å². The lowest BCUT2D eigenvalue weighted by molar-refractivity contribution is -0.144. The van der Waals surface area contributed by atoms with Crippen molar-refractivity contribution in [3.05, 3.63) is 77.6 Å². The van der Waals surface area contributed by atoms with Crippen molar-refractivity contribution in [2.45, 2.75) is 32.2 Å². The Labute approximate surface area is 156 Å². The molecule has 27 heavy (non-hydrogen) atoms. The van der Waals surface area contributed by atoms with Gasteiger partial charge < -0.3 is 14.8 Å². The van der Waals surface area contributed by atoms with Crippen molar-refractivity contribution in [1.29, 1.82) is 0 Å². The molecule has 0 aliphatic carbocycles. The fourth-order valence-corrected chi connectivity index (χ4v) is 3.31. The molecule has 0 saturated carbocycles. The second-order valence-corrected chi connectivity index (χ2v) is 6.55. The van der Waals surface area contributed by atoms with E-state index in [1.807, 2.05) is 47.4 Å². The Bertz CT molecular complexity index is 926. The number of ether oxygens (including phenoxy) is 1. The number of carboxylic acid groups (broad SMARTS) is 1. The first-order chi connectivity index (χ1) is 13.2. The van der Waals surface area contributed by atoms with Crippen LogP contribution in [0.4, 0.5) is 0 Å². The highest BCUT2D eigenvalue weighted by atomic mass is 16.5. The Morgan fingerprint density at radius 3 is 3.00 bits per heavy atom. The maximum Gasteiger partial charge on any atom is 0.321 e. The highest BCUT2D eigenvalue weighted by molar-refractivity contribution is 5.74. The van der Waals surface area contributed by atoms with E-state index in [0.29, 0.717) is 26.1 Å². The molecule has 4 rings (SSSR count). The van der Waals surface area contributed by atoms with Crippen LogP contribution in [0.5, 0.6) is 5.75 Å². The zero-order chi connectivity index (χ0) is 18.6. The van der Waals surface area contributed by atoms with E-state index in [0.717, 1.165) is 28.4 Å². The number of aromatic amines is 1. The minimum absolute atomic E-state index is 0.392. The molecule has 7 heteroatoms. The molecule has 1 aromatic carbocycles. The van der Waals surface area contributed by atoms with Crippen LogP contribution < -0.4 is 4.74 Å². The first-order valence-corrected chi connectivity index (χ1v) is 8.78. The van der Waals surface area contributed by atoms with Crippen molar-refractivity contribution in [3.8, 4) is 5.75 Å². The number of nitrogens with zero attached hydrogens (tertiary/aromatic N) is 3. The van der Waals surface area contributed by atoms with Crippen LogP contribution in [-0.4, -0.2) is 37.0 Å². The number of aliphatic carboxylic acids is 1. The smallest absolute Gasteiger partial charge is 0.321 e. The number of hydrogen-bond donors (Lipinski definition) is 2. The van der Waals surface area contributed by atoms with E-state index in [1.54, 1.807) is 12.5 Å². The van der Waals surface area contributed by atoms with E-state index >= 15 is 0 Å². The van der Waals surface area contributed by atoms with Crippen LogP contribution in [-0.2, 0) is 30.9 Å². The summed E-state index contributed by atoms with van der Waals surface area (Å²) in [6.07, 6.45) is 3.77. The van der Waals surface area contributed by atoms with Crippen molar-refractivity contribution in [2.24, 2.45) is 0 Å². The Kier molecular flexibility index (Phi) is 4.84. The predicted octanol–water partition coefficient (Wildman–Crippen LogP) is 2.40. The average Bonchev–Trinajstić information content (AvgIpc) is 3.14. The standard InChI is InChI=1S/C20H20N4O3/c25-20(26)19-9-17-18(23-13-22-17)11-24(19)10-14-4-3-6-16(8-14)27-12-15-5-1-2-7-21-15/h1-8,13,19H,9-12H2,(H,22,23)(H,25,26). The topological polar surface area (TPSA) is 91.3 Å². The lowest BCUT2D eigenvalue weighted by atomic mass is 10.0. The summed E-state index contributed by atoms with van der Waals surface area (Å²) < 4.78 is 5.83. The van der Waals surface area contributed by atoms with Gasteiger partial charge in [-0.2, -0.15) is 0 Å². The van der Waals surface area contributed by atoms with Gasteiger partial charge in [-0.3, -0.25) is 14.7 Å². The molecule has 138 valence electrons. The summed E-state index contributed by atoms with van der Waals surface area (Å²) in [5, 5.41) is 9.60. The number of nitrogens with one attached hydrogen (secondary N) is 1. The second-order valence-electron chi connectivity index (χ2n) is 6.55. The van der Waals surface area contributed by atoms with Crippen LogP contribution in [0.2, 0.25) is 0 Å². The number of imidazole rings is 1. The highest BCUT2D eigenvalue weighted by Gasteiger charge is 2.32. The van der Waals surface area contributed by atoms with Gasteiger partial charge >= 0.3 is 5.97 Å². The third kappa shape index (κ3) is 3.98. The van der Waals surface area contributed by atoms with Crippen LogP contribution >= 0.6 is 0 Å². The Morgan fingerprint density at radius 2 is 2.19 bits per heavy atom. The van der Waals surface area contributed by atoms with E-state index in [2.05, 4.69) is 15.0 Å². The molecule has 0 amide bonds. The molecule has 0 radical (unpaired) electrons. The third-order valence-corrected chi connectivity index (χ3v) is 4.68. The normalized spacial score (nSPS) is 16.7. The van der Waals surface area contributed by atoms with E-state index in [4.69, 9.17) is 4.74 Å². The number of pyridine rings is 1. The Hall–Kier alpha value is -3.19. The van der Waals surface area contributed by atoms with Crippen LogP contribution in [0, 0.1) is 0 Å². The number of carboxylic acids is 1. The van der Waals surface area contributed by atoms with Gasteiger partial charge in [0.2, 0.25) is 0 Å². The third-order valence-electron chi connectivity index (χ3n) is 4.68. The van der Waals surface area contributed by atoms with Crippen LogP contribution in [0.25, 0.3) is 0 Å². The largest absolute Gasteiger partial charge is 0.487 e. The Morgan fingerprint density at radius 1 is 1.26 bits per heavy atom. The minimum Gasteiger partial charge on any atom is -0.487 e. The van der Waals surface area contributed by atoms with E-state index in [1.165, 1.54) is 0 Å². The second kappa shape index (κ2) is 7.59. The van der Waals surface area contributed by atoms with Gasteiger partial charge in [0.05, 0.1) is 23.4 Å². The fraction of sp³-hybridized carbons (Fsp3) is 0.250. The average molecular weight is 364 g/mol. The van der Waals surface area contributed by atoms with Gasteiger partial charge in [-0.15, -0.1) is 0 Å². The van der Waals surface area contributed by atoms with Gasteiger partial charge in [-0.05, 0) is 29.8 Å². The molecule has 1 unspecified atom stereocenters. The number of aromatic nitrogens is 3. The molecule has 0 bridgehead atoms. The highest BCUT2D eigenvalue weighted by Crippen LogP contribution is 2.24. The summed E-state index contributed by atoms with van der Waals surface area (Å²) in [6, 6.07) is 12.9. The lowest BCUT2D eigenvalue weighted by Gasteiger charge is -2.32. The molecule has 0 fully saturated rings. The van der Waals surface area contributed by atoms with Crippen LogP contribution in [0.15, 0.2) is 55.0 Å². The van der Waals surface area contributed by atoms with Crippen molar-refractivity contribution in [3.63, 3.8) is 0 Å². The van der Waals surface area contributed by atoms with Crippen molar-refractivity contribution in [1.82, 2.24) is 19.9 Å². The van der Waals surface area contributed by atoms with E-state index < -0.39 is 12.0 Å². The zero-order valence-corrected chi connectivity index (χ0v) is 14.7. The molecule has 1 aliphatic heterocycles. The quantitative estimate of drug-likeness (QED) is 0.698. The first-order valence-electron chi connectivity index (χ1n) is 8.78. The molecule has 3 heterocycles. The molecule has 2 aromatic heterocycles. The van der Waals surface area contributed by atoms with Crippen molar-refractivity contribution >= 4 is 5.97 Å². The van der Waals surface area contributed by atoms with Crippen molar-refractivity contribution < 1.29 is 14.6 Å². The number of carbonyl (C=O) groups is 1. The van der Waals surface area contributed by atoms with E-state index in [-0.39, 0.29) is 0 Å². The maximum atomic E-state index is 11.7. The monoisotopic (exact) mass is 364 g/mol. The molecule has 0 spiro atoms. The van der Waals surface area contributed by atoms with Gasteiger partial charge in [0.25, 0.3) is 0 Å². The van der Waals surface area contributed by atoms with E-state index in [9.17, 15) is 9.90 Å². The molecule has 7 nitrogen and oxygen atoms in total. The Balaban J connectivity index is 1.46. The van der Waals surface area contributed by atoms with Crippen molar-refractivity contribution in [2.75, 3.05) is 0 Å². The van der Waals surface area contributed by atoms with Gasteiger partial charge in [-0.1, -0.05) is 18.2 Å². The summed E-state index contributed by atoms with van der Waals surface area (Å²) in [7, 11) is 0. The molecule has 1 atom stereocenters. The summed E-state index contributed by atoms with van der Waals surface area (Å²) >= 11 is 0. The number of H-pyrrole nitrogens is 1. The van der Waals surface area contributed by atoms with Gasteiger partial charge in [0, 0.05) is 25.7 Å². The maximum absolute atomic E-state index is 11.7. The molecule has 3 aromatic rings. The minimum atomic E-state index is -0.828. The first kappa shape index (κ1) is 17.2. The molecular formula is C20H20N4O3.